The van der Waals surface area contributed by atoms with E-state index in [1.807, 2.05) is 25.1 Å². The number of rotatable bonds is 5. The molecule has 0 saturated heterocycles. The molecule has 0 heterocycles. The molecular weight excluding hydrogens is 308 g/mol. The summed E-state index contributed by atoms with van der Waals surface area (Å²) in [5.74, 6) is -0.0799. The average Bonchev–Trinajstić information content (AvgIpc) is 2.47. The molecule has 0 bridgehead atoms. The zero-order chi connectivity index (χ0) is 16.2. The monoisotopic (exact) mass is 332 g/mol. The fourth-order valence-corrected chi connectivity index (χ4v) is 2.81. The molecule has 0 aliphatic rings. The van der Waals surface area contributed by atoms with E-state index in [1.54, 1.807) is 24.3 Å². The molecule has 4 heteroatoms. The molecule has 3 N–H and O–H groups in total. The van der Waals surface area contributed by atoms with E-state index < -0.39 is 0 Å². The van der Waals surface area contributed by atoms with Gasteiger partial charge in [0.15, 0.2) is 0 Å². The van der Waals surface area contributed by atoms with Gasteiger partial charge in [-0.1, -0.05) is 50.2 Å². The van der Waals surface area contributed by atoms with Crippen molar-refractivity contribution in [2.75, 3.05) is 5.73 Å². The predicted octanol–water partition coefficient (Wildman–Crippen LogP) is 4.18. The number of nitrogens with two attached hydrogens (primary N) is 1. The molecule has 0 spiro atoms. The maximum atomic E-state index is 12.3. The van der Waals surface area contributed by atoms with Gasteiger partial charge in [-0.25, -0.2) is 0 Å². The fourth-order valence-electron chi connectivity index (χ4n) is 2.81. The third-order valence-corrected chi connectivity index (χ3v) is 3.90. The number of anilines is 1. The molecule has 1 amide bonds. The minimum absolute atomic E-state index is 0. The lowest BCUT2D eigenvalue weighted by Gasteiger charge is -2.29. The van der Waals surface area contributed by atoms with Crippen molar-refractivity contribution in [2.45, 2.75) is 38.6 Å². The summed E-state index contributed by atoms with van der Waals surface area (Å²) in [6, 6.07) is 17.5. The Bertz CT molecular complexity index is 641. The van der Waals surface area contributed by atoms with Crippen molar-refractivity contribution in [1.29, 1.82) is 0 Å². The third-order valence-electron chi connectivity index (χ3n) is 3.90. The molecule has 2 aromatic carbocycles. The van der Waals surface area contributed by atoms with Gasteiger partial charge >= 0.3 is 0 Å². The first-order valence-electron chi connectivity index (χ1n) is 7.60. The van der Waals surface area contributed by atoms with Crippen molar-refractivity contribution >= 4 is 24.0 Å². The maximum absolute atomic E-state index is 12.3. The van der Waals surface area contributed by atoms with E-state index in [-0.39, 0.29) is 29.8 Å². The largest absolute Gasteiger partial charge is 0.399 e. The highest BCUT2D eigenvalue weighted by molar-refractivity contribution is 5.95. The topological polar surface area (TPSA) is 55.1 Å². The Morgan fingerprint density at radius 1 is 1.13 bits per heavy atom. The van der Waals surface area contributed by atoms with Crippen LogP contribution in [0.5, 0.6) is 0 Å². The number of nitrogens with one attached hydrogen (secondary N) is 1. The first-order chi connectivity index (χ1) is 10.4. The summed E-state index contributed by atoms with van der Waals surface area (Å²) in [4.78, 5) is 12.3. The highest BCUT2D eigenvalue weighted by Crippen LogP contribution is 2.28. The number of benzene rings is 2. The Balaban J connectivity index is 0.00000264. The van der Waals surface area contributed by atoms with Crippen molar-refractivity contribution in [3.05, 3.63) is 65.7 Å². The van der Waals surface area contributed by atoms with Crippen LogP contribution in [0.3, 0.4) is 0 Å². The van der Waals surface area contributed by atoms with E-state index in [4.69, 9.17) is 5.73 Å². The van der Waals surface area contributed by atoms with Gasteiger partial charge in [-0.3, -0.25) is 4.79 Å². The van der Waals surface area contributed by atoms with Crippen LogP contribution in [0, 0.1) is 0 Å². The molecule has 1 atom stereocenters. The standard InChI is InChI=1S/C19H24N2O.ClH/c1-14(13-19(2,3)16-9-5-4-6-10-16)21-18(22)15-8-7-11-17(20)12-15;/h4-12,14H,13,20H2,1-3H3,(H,21,22);1H. The Morgan fingerprint density at radius 3 is 2.39 bits per heavy atom. The molecule has 0 aromatic heterocycles. The summed E-state index contributed by atoms with van der Waals surface area (Å²) in [5.41, 5.74) is 8.21. The Kier molecular flexibility index (Phi) is 6.64. The van der Waals surface area contributed by atoms with E-state index in [0.29, 0.717) is 11.3 Å². The van der Waals surface area contributed by atoms with Crippen LogP contribution in [0.4, 0.5) is 5.69 Å². The van der Waals surface area contributed by atoms with Crippen LogP contribution in [0.15, 0.2) is 54.6 Å². The molecule has 0 aliphatic carbocycles. The molecule has 0 radical (unpaired) electrons. The van der Waals surface area contributed by atoms with Crippen LogP contribution >= 0.6 is 12.4 Å². The summed E-state index contributed by atoms with van der Waals surface area (Å²) in [6.07, 6.45) is 0.866. The summed E-state index contributed by atoms with van der Waals surface area (Å²) in [5, 5.41) is 3.05. The minimum atomic E-state index is -0.0799. The van der Waals surface area contributed by atoms with Crippen LogP contribution in [-0.2, 0) is 5.41 Å². The third kappa shape index (κ3) is 5.29. The Labute approximate surface area is 144 Å². The molecule has 0 aliphatic heterocycles. The summed E-state index contributed by atoms with van der Waals surface area (Å²) >= 11 is 0. The predicted molar refractivity (Wildman–Crippen MR) is 99.1 cm³/mol. The van der Waals surface area contributed by atoms with Crippen molar-refractivity contribution < 1.29 is 4.79 Å². The number of halogens is 1. The quantitative estimate of drug-likeness (QED) is 0.807. The van der Waals surface area contributed by atoms with Gasteiger partial charge in [-0.15, -0.1) is 12.4 Å². The molecule has 23 heavy (non-hydrogen) atoms. The smallest absolute Gasteiger partial charge is 0.251 e. The molecule has 0 fully saturated rings. The Hall–Kier alpha value is -2.00. The van der Waals surface area contributed by atoms with Crippen molar-refractivity contribution in [1.82, 2.24) is 5.32 Å². The lowest BCUT2D eigenvalue weighted by Crippen LogP contribution is -2.37. The molecular formula is C19H25ClN2O. The summed E-state index contributed by atoms with van der Waals surface area (Å²) < 4.78 is 0. The average molecular weight is 333 g/mol. The van der Waals surface area contributed by atoms with Crippen molar-refractivity contribution in [3.63, 3.8) is 0 Å². The van der Waals surface area contributed by atoms with Crippen LogP contribution in [0.2, 0.25) is 0 Å². The first-order valence-corrected chi connectivity index (χ1v) is 7.60. The fraction of sp³-hybridized carbons (Fsp3) is 0.316. The van der Waals surface area contributed by atoms with E-state index in [9.17, 15) is 4.79 Å². The van der Waals surface area contributed by atoms with Gasteiger partial charge < -0.3 is 11.1 Å². The summed E-state index contributed by atoms with van der Waals surface area (Å²) in [7, 11) is 0. The second-order valence-corrected chi connectivity index (χ2v) is 6.45. The van der Waals surface area contributed by atoms with Crippen LogP contribution in [-0.4, -0.2) is 11.9 Å². The van der Waals surface area contributed by atoms with Gasteiger partial charge in [0.2, 0.25) is 0 Å². The number of hydrogen-bond acceptors (Lipinski definition) is 2. The van der Waals surface area contributed by atoms with Gasteiger partial charge in [0.25, 0.3) is 5.91 Å². The second-order valence-electron chi connectivity index (χ2n) is 6.45. The molecule has 1 unspecified atom stereocenters. The molecule has 0 saturated carbocycles. The molecule has 2 aromatic rings. The van der Waals surface area contributed by atoms with E-state index >= 15 is 0 Å². The van der Waals surface area contributed by atoms with Gasteiger partial charge in [0.1, 0.15) is 0 Å². The lowest BCUT2D eigenvalue weighted by atomic mass is 9.79. The minimum Gasteiger partial charge on any atom is -0.399 e. The van der Waals surface area contributed by atoms with E-state index in [0.717, 1.165) is 6.42 Å². The zero-order valence-corrected chi connectivity index (χ0v) is 14.7. The highest BCUT2D eigenvalue weighted by atomic mass is 35.5. The van der Waals surface area contributed by atoms with Crippen LogP contribution in [0.25, 0.3) is 0 Å². The van der Waals surface area contributed by atoms with Crippen molar-refractivity contribution in [2.24, 2.45) is 0 Å². The van der Waals surface area contributed by atoms with Crippen LogP contribution in [0.1, 0.15) is 43.1 Å². The zero-order valence-electron chi connectivity index (χ0n) is 13.9. The van der Waals surface area contributed by atoms with Gasteiger partial charge in [0, 0.05) is 17.3 Å². The first kappa shape index (κ1) is 19.0. The number of nitrogen functional groups attached to an aromatic ring is 1. The number of carbonyl (C=O) groups is 1. The van der Waals surface area contributed by atoms with Gasteiger partial charge in [-0.2, -0.15) is 0 Å². The van der Waals surface area contributed by atoms with Gasteiger partial charge in [0.05, 0.1) is 0 Å². The van der Waals surface area contributed by atoms with E-state index in [2.05, 4.69) is 31.3 Å². The maximum Gasteiger partial charge on any atom is 0.251 e. The van der Waals surface area contributed by atoms with Crippen molar-refractivity contribution in [3.8, 4) is 0 Å². The highest BCUT2D eigenvalue weighted by Gasteiger charge is 2.24. The summed E-state index contributed by atoms with van der Waals surface area (Å²) in [6.45, 7) is 6.44. The molecule has 2 rings (SSSR count). The SMILES string of the molecule is CC(CC(C)(C)c1ccccc1)NC(=O)c1cccc(N)c1.Cl. The molecule has 124 valence electrons. The normalized spacial score (nSPS) is 12.1. The van der Waals surface area contributed by atoms with Gasteiger partial charge in [-0.05, 0) is 42.5 Å². The number of hydrogen-bond donors (Lipinski definition) is 2. The van der Waals surface area contributed by atoms with Crippen LogP contribution < -0.4 is 11.1 Å². The molecule has 3 nitrogen and oxygen atoms in total. The lowest BCUT2D eigenvalue weighted by molar-refractivity contribution is 0.0934. The number of carbonyl (C=O) groups excluding carboxylic acids is 1. The Morgan fingerprint density at radius 2 is 1.78 bits per heavy atom. The number of amides is 1. The van der Waals surface area contributed by atoms with E-state index in [1.165, 1.54) is 5.56 Å². The second kappa shape index (κ2) is 8.02.